The van der Waals surface area contributed by atoms with Crippen molar-refractivity contribution in [3.05, 3.63) is 22.3 Å². The van der Waals surface area contributed by atoms with Gasteiger partial charge in [-0.2, -0.15) is 12.7 Å². The minimum absolute atomic E-state index is 0.351. The Bertz CT molecular complexity index is 521. The van der Waals surface area contributed by atoms with Gasteiger partial charge in [-0.25, -0.2) is 4.98 Å². The predicted molar refractivity (Wildman–Crippen MR) is 80.4 cm³/mol. The number of hydrogen-bond donors (Lipinski definition) is 2. The third kappa shape index (κ3) is 5.06. The number of anilines is 1. The summed E-state index contributed by atoms with van der Waals surface area (Å²) >= 11 is 3.29. The van der Waals surface area contributed by atoms with Crippen LogP contribution < -0.4 is 10.0 Å². The summed E-state index contributed by atoms with van der Waals surface area (Å²) in [6.07, 6.45) is 2.31. The van der Waals surface area contributed by atoms with Crippen molar-refractivity contribution in [3.63, 3.8) is 0 Å². The standard InChI is InChI=1S/C11H19BrN4O2S/c1-9-7-10(12)8-14-11(9)15-19(17,18)16(3)6-4-5-13-2/h7-8,13H,4-6H2,1-3H3,(H,14,15). The maximum Gasteiger partial charge on any atom is 0.302 e. The zero-order valence-corrected chi connectivity index (χ0v) is 13.7. The summed E-state index contributed by atoms with van der Waals surface area (Å²) in [5.74, 6) is 0.351. The molecule has 0 atom stereocenters. The second kappa shape index (κ2) is 7.18. The van der Waals surface area contributed by atoms with Crippen LogP contribution in [0.2, 0.25) is 0 Å². The average molecular weight is 351 g/mol. The Balaban J connectivity index is 2.73. The molecule has 1 aromatic rings. The molecule has 8 heteroatoms. The van der Waals surface area contributed by atoms with Crippen molar-refractivity contribution in [2.24, 2.45) is 0 Å². The molecule has 0 fully saturated rings. The second-order valence-electron chi connectivity index (χ2n) is 4.20. The van der Waals surface area contributed by atoms with E-state index in [1.54, 1.807) is 20.2 Å². The van der Waals surface area contributed by atoms with Gasteiger partial charge in [-0.15, -0.1) is 0 Å². The number of rotatable bonds is 7. The van der Waals surface area contributed by atoms with E-state index in [1.807, 2.05) is 13.1 Å². The first-order valence-electron chi connectivity index (χ1n) is 5.87. The predicted octanol–water partition coefficient (Wildman–Crippen LogP) is 1.35. The number of pyridine rings is 1. The highest BCUT2D eigenvalue weighted by Crippen LogP contribution is 2.18. The third-order valence-corrected chi connectivity index (χ3v) is 4.47. The molecule has 0 amide bonds. The number of nitrogens with zero attached hydrogens (tertiary/aromatic N) is 2. The molecule has 0 unspecified atom stereocenters. The van der Waals surface area contributed by atoms with Crippen molar-refractivity contribution in [3.8, 4) is 0 Å². The van der Waals surface area contributed by atoms with E-state index in [0.717, 1.165) is 23.0 Å². The van der Waals surface area contributed by atoms with Crippen molar-refractivity contribution >= 4 is 32.0 Å². The lowest BCUT2D eigenvalue weighted by Crippen LogP contribution is -2.34. The molecule has 0 saturated carbocycles. The molecule has 0 bridgehead atoms. The number of halogens is 1. The monoisotopic (exact) mass is 350 g/mol. The van der Waals surface area contributed by atoms with E-state index in [-0.39, 0.29) is 0 Å². The Labute approximate surface area is 122 Å². The molecule has 0 radical (unpaired) electrons. The molecule has 0 aliphatic rings. The first-order valence-corrected chi connectivity index (χ1v) is 8.11. The number of hydrogen-bond acceptors (Lipinski definition) is 4. The number of aromatic nitrogens is 1. The van der Waals surface area contributed by atoms with Gasteiger partial charge < -0.3 is 5.32 Å². The first kappa shape index (κ1) is 16.4. The first-order chi connectivity index (χ1) is 8.86. The van der Waals surface area contributed by atoms with Gasteiger partial charge in [-0.05, 0) is 54.5 Å². The van der Waals surface area contributed by atoms with Crippen LogP contribution in [-0.4, -0.2) is 44.9 Å². The SMILES string of the molecule is CNCCCN(C)S(=O)(=O)Nc1ncc(Br)cc1C. The van der Waals surface area contributed by atoms with Crippen molar-refractivity contribution in [2.45, 2.75) is 13.3 Å². The fraction of sp³-hybridized carbons (Fsp3) is 0.545. The van der Waals surface area contributed by atoms with Crippen LogP contribution in [-0.2, 0) is 10.2 Å². The molecule has 2 N–H and O–H groups in total. The quantitative estimate of drug-likeness (QED) is 0.728. The molecule has 6 nitrogen and oxygen atoms in total. The van der Waals surface area contributed by atoms with Crippen LogP contribution in [0.15, 0.2) is 16.7 Å². The summed E-state index contributed by atoms with van der Waals surface area (Å²) in [6.45, 7) is 3.03. The molecular formula is C11H19BrN4O2S. The minimum Gasteiger partial charge on any atom is -0.320 e. The second-order valence-corrected chi connectivity index (χ2v) is 6.90. The normalized spacial score (nSPS) is 11.8. The van der Waals surface area contributed by atoms with Gasteiger partial charge in [0.25, 0.3) is 0 Å². The molecule has 0 aliphatic heterocycles. The molecule has 108 valence electrons. The van der Waals surface area contributed by atoms with Gasteiger partial charge >= 0.3 is 10.2 Å². The van der Waals surface area contributed by atoms with Crippen LogP contribution in [0.5, 0.6) is 0 Å². The fourth-order valence-electron chi connectivity index (χ4n) is 1.45. The van der Waals surface area contributed by atoms with E-state index >= 15 is 0 Å². The lowest BCUT2D eigenvalue weighted by Gasteiger charge is -2.18. The van der Waals surface area contributed by atoms with Crippen LogP contribution >= 0.6 is 15.9 Å². The zero-order chi connectivity index (χ0) is 14.5. The Morgan fingerprint density at radius 1 is 1.47 bits per heavy atom. The molecule has 0 saturated heterocycles. The lowest BCUT2D eigenvalue weighted by molar-refractivity contribution is 0.462. The van der Waals surface area contributed by atoms with E-state index < -0.39 is 10.2 Å². The molecule has 19 heavy (non-hydrogen) atoms. The average Bonchev–Trinajstić information content (AvgIpc) is 2.33. The van der Waals surface area contributed by atoms with Gasteiger partial charge in [0, 0.05) is 24.3 Å². The van der Waals surface area contributed by atoms with Crippen molar-refractivity contribution < 1.29 is 8.42 Å². The molecule has 1 heterocycles. The van der Waals surface area contributed by atoms with Gasteiger partial charge in [0.05, 0.1) is 0 Å². The summed E-state index contributed by atoms with van der Waals surface area (Å²) in [6, 6.07) is 1.81. The van der Waals surface area contributed by atoms with Crippen molar-refractivity contribution in [1.29, 1.82) is 0 Å². The Morgan fingerprint density at radius 2 is 2.16 bits per heavy atom. The van der Waals surface area contributed by atoms with Crippen LogP contribution in [0.3, 0.4) is 0 Å². The Morgan fingerprint density at radius 3 is 2.74 bits per heavy atom. The highest BCUT2D eigenvalue weighted by Gasteiger charge is 2.18. The molecule has 1 aromatic heterocycles. The molecule has 0 aliphatic carbocycles. The maximum atomic E-state index is 12.1. The summed E-state index contributed by atoms with van der Waals surface area (Å²) < 4.78 is 28.7. The maximum absolute atomic E-state index is 12.1. The Hall–Kier alpha value is -0.700. The van der Waals surface area contributed by atoms with E-state index in [9.17, 15) is 8.42 Å². The van der Waals surface area contributed by atoms with E-state index in [0.29, 0.717) is 12.4 Å². The minimum atomic E-state index is -3.55. The summed E-state index contributed by atoms with van der Waals surface area (Å²) in [4.78, 5) is 4.07. The Kier molecular flexibility index (Phi) is 6.18. The highest BCUT2D eigenvalue weighted by molar-refractivity contribution is 9.10. The van der Waals surface area contributed by atoms with E-state index in [2.05, 4.69) is 31.0 Å². The summed E-state index contributed by atoms with van der Waals surface area (Å²) in [7, 11) is -0.168. The van der Waals surface area contributed by atoms with Gasteiger partial charge in [0.2, 0.25) is 0 Å². The molecule has 0 spiro atoms. The van der Waals surface area contributed by atoms with Crippen LogP contribution in [0, 0.1) is 6.92 Å². The van der Waals surface area contributed by atoms with Crippen LogP contribution in [0.4, 0.5) is 5.82 Å². The largest absolute Gasteiger partial charge is 0.320 e. The lowest BCUT2D eigenvalue weighted by atomic mass is 10.3. The van der Waals surface area contributed by atoms with Gasteiger partial charge in [-0.1, -0.05) is 0 Å². The van der Waals surface area contributed by atoms with Gasteiger partial charge in [-0.3, -0.25) is 4.72 Å². The topological polar surface area (TPSA) is 74.3 Å². The summed E-state index contributed by atoms with van der Waals surface area (Å²) in [5, 5.41) is 2.98. The third-order valence-electron chi connectivity index (χ3n) is 2.58. The highest BCUT2D eigenvalue weighted by atomic mass is 79.9. The smallest absolute Gasteiger partial charge is 0.302 e. The summed E-state index contributed by atoms with van der Waals surface area (Å²) in [5.41, 5.74) is 0.765. The van der Waals surface area contributed by atoms with E-state index in [4.69, 9.17) is 0 Å². The molecule has 0 aromatic carbocycles. The molecule has 1 rings (SSSR count). The zero-order valence-electron chi connectivity index (χ0n) is 11.3. The van der Waals surface area contributed by atoms with Gasteiger partial charge in [0.1, 0.15) is 5.82 Å². The number of aryl methyl sites for hydroxylation is 1. The van der Waals surface area contributed by atoms with Crippen molar-refractivity contribution in [2.75, 3.05) is 31.9 Å². The fourth-order valence-corrected chi connectivity index (χ4v) is 2.88. The van der Waals surface area contributed by atoms with Crippen LogP contribution in [0.1, 0.15) is 12.0 Å². The van der Waals surface area contributed by atoms with Crippen molar-refractivity contribution in [1.82, 2.24) is 14.6 Å². The molecular weight excluding hydrogens is 332 g/mol. The number of nitrogens with one attached hydrogen (secondary N) is 2. The van der Waals surface area contributed by atoms with Crippen LogP contribution in [0.25, 0.3) is 0 Å². The van der Waals surface area contributed by atoms with Gasteiger partial charge in [0.15, 0.2) is 0 Å². The van der Waals surface area contributed by atoms with E-state index in [1.165, 1.54) is 4.31 Å².